The van der Waals surface area contributed by atoms with Crippen molar-refractivity contribution in [2.45, 2.75) is 109 Å². The number of hydrogen-bond acceptors (Lipinski definition) is 3. The quantitative estimate of drug-likeness (QED) is 0.781. The fourth-order valence-corrected chi connectivity index (χ4v) is 6.70. The fraction of sp³-hybridized carbons (Fsp3) is 0.769. The zero-order chi connectivity index (χ0) is 21.0. The second-order valence-electron chi connectivity index (χ2n) is 10.5. The predicted molar refractivity (Wildman–Crippen MR) is 124 cm³/mol. The van der Waals surface area contributed by atoms with Gasteiger partial charge in [-0.1, -0.05) is 25.7 Å². The van der Waals surface area contributed by atoms with E-state index in [2.05, 4.69) is 21.3 Å². The summed E-state index contributed by atoms with van der Waals surface area (Å²) in [5.74, 6) is 2.34. The highest BCUT2D eigenvalue weighted by Crippen LogP contribution is 2.31. The molecule has 5 nitrogen and oxygen atoms in total. The summed E-state index contributed by atoms with van der Waals surface area (Å²) in [5.41, 5.74) is 3.71. The number of quaternary nitrogens is 1. The van der Waals surface area contributed by atoms with Gasteiger partial charge in [-0.2, -0.15) is 5.26 Å². The monoisotopic (exact) mass is 423 g/mol. The smallest absolute Gasteiger partial charge is 0.237 e. The third-order valence-corrected chi connectivity index (χ3v) is 8.47. The number of rotatable bonds is 4. The molecule has 4 aliphatic rings. The lowest BCUT2D eigenvalue weighted by atomic mass is 9.89. The van der Waals surface area contributed by atoms with Crippen LogP contribution >= 0.6 is 0 Å². The van der Waals surface area contributed by atoms with Crippen LogP contribution in [0.1, 0.15) is 100 Å². The zero-order valence-corrected chi connectivity index (χ0v) is 19.3. The molecule has 2 aliphatic heterocycles. The molecule has 0 radical (unpaired) electrons. The predicted octanol–water partition coefficient (Wildman–Crippen LogP) is 3.38. The van der Waals surface area contributed by atoms with E-state index in [1.165, 1.54) is 107 Å². The Morgan fingerprint density at radius 2 is 1.55 bits per heavy atom. The molecule has 0 bridgehead atoms. The summed E-state index contributed by atoms with van der Waals surface area (Å²) < 4.78 is 0. The fourth-order valence-electron chi connectivity index (χ4n) is 6.70. The minimum Gasteiger partial charge on any atom is -0.328 e. The molecular weight excluding hydrogens is 382 g/mol. The number of hydrogen-bond donors (Lipinski definition) is 2. The molecule has 5 heteroatoms. The maximum atomic E-state index is 10.2. The van der Waals surface area contributed by atoms with E-state index in [1.54, 1.807) is 4.90 Å². The number of anilines is 2. The first-order chi connectivity index (χ1) is 15.3. The van der Waals surface area contributed by atoms with Gasteiger partial charge in [-0.25, -0.2) is 4.98 Å². The third-order valence-electron chi connectivity index (χ3n) is 8.47. The zero-order valence-electron chi connectivity index (χ0n) is 19.3. The molecule has 31 heavy (non-hydrogen) atoms. The maximum absolute atomic E-state index is 10.2. The first-order valence-corrected chi connectivity index (χ1v) is 13.2. The Labute approximate surface area is 188 Å². The Bertz CT molecular complexity index is 795. The van der Waals surface area contributed by atoms with E-state index in [4.69, 9.17) is 0 Å². The number of pyridine rings is 1. The van der Waals surface area contributed by atoms with E-state index < -0.39 is 0 Å². The molecule has 3 heterocycles. The Balaban J connectivity index is 1.49. The number of nitrogens with zero attached hydrogens (tertiary/aromatic N) is 2. The molecule has 0 aromatic carbocycles. The molecule has 1 aromatic rings. The lowest BCUT2D eigenvalue weighted by Crippen LogP contribution is -3.15. The van der Waals surface area contributed by atoms with Gasteiger partial charge in [0.2, 0.25) is 11.6 Å². The molecule has 1 saturated heterocycles. The number of H-pyrrole nitrogens is 1. The summed E-state index contributed by atoms with van der Waals surface area (Å²) >= 11 is 0. The van der Waals surface area contributed by atoms with Crippen LogP contribution in [0.2, 0.25) is 0 Å². The van der Waals surface area contributed by atoms with Crippen LogP contribution in [0, 0.1) is 11.3 Å². The second-order valence-corrected chi connectivity index (χ2v) is 10.5. The highest BCUT2D eigenvalue weighted by Gasteiger charge is 2.36. The van der Waals surface area contributed by atoms with E-state index in [0.717, 1.165) is 43.5 Å². The van der Waals surface area contributed by atoms with E-state index >= 15 is 0 Å². The third kappa shape index (κ3) is 4.55. The first kappa shape index (κ1) is 21.1. The minimum atomic E-state index is 0.511. The standard InChI is InChI=1S/C26H39N5/c27-18-23-22-14-17-31(21-12-6-2-7-13-21)19-24(22)26(30-15-8-3-9-16-30)29-25(23)28-20-10-4-1-5-11-20/h20-21H,1-17,19H2,(H,28,29)/p+2. The van der Waals surface area contributed by atoms with Crippen molar-refractivity contribution in [3.63, 3.8) is 0 Å². The van der Waals surface area contributed by atoms with Crippen molar-refractivity contribution in [1.82, 2.24) is 0 Å². The molecule has 1 unspecified atom stereocenters. The number of aromatic amines is 1. The molecule has 3 N–H and O–H groups in total. The Hall–Kier alpha value is -1.80. The highest BCUT2D eigenvalue weighted by atomic mass is 15.2. The van der Waals surface area contributed by atoms with Crippen LogP contribution in [-0.2, 0) is 13.0 Å². The van der Waals surface area contributed by atoms with Gasteiger partial charge in [0.25, 0.3) is 0 Å². The van der Waals surface area contributed by atoms with E-state index in [9.17, 15) is 5.26 Å². The lowest BCUT2D eigenvalue weighted by molar-refractivity contribution is -0.942. The Morgan fingerprint density at radius 1 is 0.871 bits per heavy atom. The summed E-state index contributed by atoms with van der Waals surface area (Å²) in [6.07, 6.45) is 18.4. The van der Waals surface area contributed by atoms with Gasteiger partial charge in [-0.15, -0.1) is 0 Å². The van der Waals surface area contributed by atoms with Crippen LogP contribution in [0.25, 0.3) is 0 Å². The maximum Gasteiger partial charge on any atom is 0.237 e. The molecule has 2 saturated carbocycles. The number of fused-ring (bicyclic) bond motifs is 1. The van der Waals surface area contributed by atoms with Crippen molar-refractivity contribution in [3.05, 3.63) is 16.7 Å². The van der Waals surface area contributed by atoms with Gasteiger partial charge in [-0.05, 0) is 63.4 Å². The minimum absolute atomic E-state index is 0.511. The number of piperidine rings is 1. The van der Waals surface area contributed by atoms with Crippen molar-refractivity contribution in [3.8, 4) is 6.07 Å². The van der Waals surface area contributed by atoms with Crippen LogP contribution in [0.4, 0.5) is 11.6 Å². The van der Waals surface area contributed by atoms with E-state index in [0.29, 0.717) is 6.04 Å². The van der Waals surface area contributed by atoms with Crippen LogP contribution in [-0.4, -0.2) is 31.7 Å². The lowest BCUT2D eigenvalue weighted by Gasteiger charge is -2.36. The summed E-state index contributed by atoms with van der Waals surface area (Å²) in [5, 5.41) is 14.0. The van der Waals surface area contributed by atoms with Gasteiger partial charge in [0.05, 0.1) is 37.3 Å². The molecule has 2 aliphatic carbocycles. The molecular formula is C26H41N5+2. The number of nitriles is 1. The van der Waals surface area contributed by atoms with Crippen molar-refractivity contribution < 1.29 is 9.88 Å². The molecule has 5 rings (SSSR count). The van der Waals surface area contributed by atoms with Gasteiger partial charge >= 0.3 is 0 Å². The molecule has 0 amide bonds. The summed E-state index contributed by atoms with van der Waals surface area (Å²) in [6.45, 7) is 4.59. The average molecular weight is 424 g/mol. The number of aromatic nitrogens is 1. The molecule has 3 fully saturated rings. The topological polar surface area (TPSA) is 57.6 Å². The molecule has 1 aromatic heterocycles. The molecule has 1 atom stereocenters. The van der Waals surface area contributed by atoms with Crippen molar-refractivity contribution in [2.75, 3.05) is 29.9 Å². The van der Waals surface area contributed by atoms with E-state index in [1.807, 2.05) is 0 Å². The number of nitrogens with one attached hydrogen (secondary N) is 3. The summed E-state index contributed by atoms with van der Waals surface area (Å²) in [4.78, 5) is 8.18. The van der Waals surface area contributed by atoms with Crippen LogP contribution < -0.4 is 20.1 Å². The average Bonchev–Trinajstić information content (AvgIpc) is 2.85. The molecule has 168 valence electrons. The van der Waals surface area contributed by atoms with Gasteiger partial charge in [0.1, 0.15) is 18.2 Å². The van der Waals surface area contributed by atoms with Crippen molar-refractivity contribution >= 4 is 11.6 Å². The molecule has 0 spiro atoms. The van der Waals surface area contributed by atoms with E-state index in [-0.39, 0.29) is 0 Å². The van der Waals surface area contributed by atoms with Crippen LogP contribution in [0.3, 0.4) is 0 Å². The Morgan fingerprint density at radius 3 is 2.26 bits per heavy atom. The second kappa shape index (κ2) is 9.77. The van der Waals surface area contributed by atoms with Crippen LogP contribution in [0.5, 0.6) is 0 Å². The first-order valence-electron chi connectivity index (χ1n) is 13.2. The normalized spacial score (nSPS) is 25.6. The van der Waals surface area contributed by atoms with Gasteiger partial charge < -0.3 is 10.2 Å². The summed E-state index contributed by atoms with van der Waals surface area (Å²) in [6, 6.07) is 3.95. The summed E-state index contributed by atoms with van der Waals surface area (Å²) in [7, 11) is 0. The SMILES string of the molecule is N#Cc1c(NC2CCCCC2)[nH+]c(N2CCCCC2)c2c1CC[NH+](C1CCCCC1)C2. The van der Waals surface area contributed by atoms with Gasteiger partial charge in [0, 0.05) is 6.42 Å². The Kier molecular flexibility index (Phi) is 6.64. The van der Waals surface area contributed by atoms with Crippen molar-refractivity contribution in [1.29, 1.82) is 5.26 Å². The van der Waals surface area contributed by atoms with Gasteiger partial charge in [0.15, 0.2) is 0 Å². The highest BCUT2D eigenvalue weighted by molar-refractivity contribution is 5.61. The van der Waals surface area contributed by atoms with Gasteiger partial charge in [-0.3, -0.25) is 4.90 Å². The van der Waals surface area contributed by atoms with Crippen molar-refractivity contribution in [2.24, 2.45) is 0 Å². The largest absolute Gasteiger partial charge is 0.328 e. The van der Waals surface area contributed by atoms with Crippen LogP contribution in [0.15, 0.2) is 0 Å².